The molecule has 0 bridgehead atoms. The number of hydrogen-bond acceptors (Lipinski definition) is 6. The van der Waals surface area contributed by atoms with Crippen LogP contribution in [0.1, 0.15) is 27.1 Å². The van der Waals surface area contributed by atoms with Gasteiger partial charge in [0.15, 0.2) is 6.10 Å². The van der Waals surface area contributed by atoms with Gasteiger partial charge < -0.3 is 20.1 Å². The van der Waals surface area contributed by atoms with Gasteiger partial charge in [-0.3, -0.25) is 4.79 Å². The van der Waals surface area contributed by atoms with Gasteiger partial charge >= 0.3 is 23.9 Å². The summed E-state index contributed by atoms with van der Waals surface area (Å²) in [5.74, 6) is -3.61. The fourth-order valence-corrected chi connectivity index (χ4v) is 1.22. The van der Waals surface area contributed by atoms with Crippen molar-refractivity contribution in [3.63, 3.8) is 0 Å². The summed E-state index contributed by atoms with van der Waals surface area (Å²) in [4.78, 5) is 40.8. The molecule has 1 unspecified atom stereocenters. The average molecular weight is 282 g/mol. The minimum atomic E-state index is -1.22. The zero-order valence-electron chi connectivity index (χ0n) is 9.98. The lowest BCUT2D eigenvalue weighted by molar-refractivity contribution is -0.154. The third-order valence-corrected chi connectivity index (χ3v) is 2.23. The number of carbonyl (C=O) groups excluding carboxylic acids is 2. The maximum atomic E-state index is 10.3. The fraction of sp³-hybridized carbons (Fsp3) is 0.167. The Morgan fingerprint density at radius 1 is 1.00 bits per heavy atom. The maximum Gasteiger partial charge on any atom is 0.343 e. The molecule has 1 atom stereocenters. The third kappa shape index (κ3) is 4.18. The van der Waals surface area contributed by atoms with E-state index in [-0.39, 0.29) is 17.5 Å². The van der Waals surface area contributed by atoms with E-state index in [2.05, 4.69) is 4.74 Å². The van der Waals surface area contributed by atoms with E-state index >= 15 is 0 Å². The molecule has 0 aliphatic carbocycles. The molecule has 2 rings (SSSR count). The number of carboxylic acid groups (broad SMARTS) is 2. The molecule has 1 aromatic carbocycles. The number of aliphatic hydroxyl groups is 1. The summed E-state index contributed by atoms with van der Waals surface area (Å²) in [6.07, 6.45) is -1.42. The van der Waals surface area contributed by atoms with E-state index in [0.29, 0.717) is 0 Å². The van der Waals surface area contributed by atoms with E-state index in [0.717, 1.165) is 0 Å². The molecule has 0 amide bonds. The lowest BCUT2D eigenvalue weighted by Gasteiger charge is -1.94. The van der Waals surface area contributed by atoms with Crippen LogP contribution in [0.4, 0.5) is 0 Å². The number of ether oxygens (including phenoxy) is 1. The first-order valence-corrected chi connectivity index (χ1v) is 5.30. The second kappa shape index (κ2) is 6.43. The first-order valence-electron chi connectivity index (χ1n) is 5.30. The highest BCUT2D eigenvalue weighted by Crippen LogP contribution is 2.06. The molecule has 1 aliphatic heterocycles. The average Bonchev–Trinajstić information content (AvgIpc) is 2.67. The van der Waals surface area contributed by atoms with Gasteiger partial charge in [-0.25, -0.2) is 14.4 Å². The molecule has 8 heteroatoms. The van der Waals surface area contributed by atoms with Crippen LogP contribution in [0.25, 0.3) is 0 Å². The summed E-state index contributed by atoms with van der Waals surface area (Å²) in [7, 11) is 0. The zero-order chi connectivity index (χ0) is 15.3. The van der Waals surface area contributed by atoms with Crippen molar-refractivity contribution in [3.8, 4) is 0 Å². The summed E-state index contributed by atoms with van der Waals surface area (Å²) < 4.78 is 3.95. The topological polar surface area (TPSA) is 138 Å². The number of benzene rings is 1. The van der Waals surface area contributed by atoms with Crippen molar-refractivity contribution < 1.29 is 39.2 Å². The van der Waals surface area contributed by atoms with E-state index < -0.39 is 30.0 Å². The van der Waals surface area contributed by atoms with Gasteiger partial charge in [0, 0.05) is 0 Å². The number of hydrogen-bond donors (Lipinski definition) is 3. The standard InChI is InChI=1S/C8H6O4.C4H4O4/c9-7(10)5-1-2-6(4-3-5)8(11)12;5-2-1-3(6)8-4(2)7/h1-4H,(H,9,10)(H,11,12);2,5H,1H2. The van der Waals surface area contributed by atoms with Crippen molar-refractivity contribution in [2.24, 2.45) is 0 Å². The number of esters is 2. The van der Waals surface area contributed by atoms with Crippen molar-refractivity contribution >= 4 is 23.9 Å². The van der Waals surface area contributed by atoms with E-state index in [4.69, 9.17) is 15.3 Å². The van der Waals surface area contributed by atoms with Crippen molar-refractivity contribution in [2.75, 3.05) is 0 Å². The van der Waals surface area contributed by atoms with Gasteiger partial charge in [-0.2, -0.15) is 0 Å². The van der Waals surface area contributed by atoms with Crippen LogP contribution in [0, 0.1) is 0 Å². The molecule has 1 fully saturated rings. The second-order valence-corrected chi connectivity index (χ2v) is 3.70. The molecule has 3 N–H and O–H groups in total. The van der Waals surface area contributed by atoms with Crippen LogP contribution >= 0.6 is 0 Å². The number of carbonyl (C=O) groups is 4. The maximum absolute atomic E-state index is 10.3. The molecule has 1 saturated heterocycles. The number of rotatable bonds is 2. The van der Waals surface area contributed by atoms with Crippen LogP contribution in [0.15, 0.2) is 24.3 Å². The minimum absolute atomic E-state index is 0.0833. The Morgan fingerprint density at radius 2 is 1.40 bits per heavy atom. The Balaban J connectivity index is 0.000000217. The zero-order valence-corrected chi connectivity index (χ0v) is 9.98. The largest absolute Gasteiger partial charge is 0.478 e. The third-order valence-electron chi connectivity index (χ3n) is 2.23. The lowest BCUT2D eigenvalue weighted by atomic mass is 10.1. The predicted molar refractivity (Wildman–Crippen MR) is 62.1 cm³/mol. The summed E-state index contributed by atoms with van der Waals surface area (Å²) in [5.41, 5.74) is 0.167. The molecule has 0 radical (unpaired) electrons. The van der Waals surface area contributed by atoms with Crippen LogP contribution in [0.2, 0.25) is 0 Å². The van der Waals surface area contributed by atoms with Crippen molar-refractivity contribution in [2.45, 2.75) is 12.5 Å². The number of aromatic carboxylic acids is 2. The van der Waals surface area contributed by atoms with E-state index in [1.807, 2.05) is 0 Å². The smallest absolute Gasteiger partial charge is 0.343 e. The SMILES string of the molecule is O=C(O)c1ccc(C(=O)O)cc1.O=C1CC(O)C(=O)O1. The number of carboxylic acids is 2. The normalized spacial score (nSPS) is 16.9. The first-order chi connectivity index (χ1) is 9.31. The molecule has 1 heterocycles. The highest BCUT2D eigenvalue weighted by molar-refractivity contribution is 5.96. The summed E-state index contributed by atoms with van der Waals surface area (Å²) in [6, 6.07) is 5.02. The van der Waals surface area contributed by atoms with Crippen molar-refractivity contribution in [3.05, 3.63) is 35.4 Å². The van der Waals surface area contributed by atoms with Gasteiger partial charge in [0.2, 0.25) is 0 Å². The second-order valence-electron chi connectivity index (χ2n) is 3.70. The molecule has 0 aromatic heterocycles. The van der Waals surface area contributed by atoms with Gasteiger partial charge in [0.1, 0.15) is 0 Å². The lowest BCUT2D eigenvalue weighted by Crippen LogP contribution is -2.11. The first kappa shape index (κ1) is 15.3. The molecule has 1 aromatic rings. The van der Waals surface area contributed by atoms with E-state index in [9.17, 15) is 19.2 Å². The van der Waals surface area contributed by atoms with Gasteiger partial charge in [-0.1, -0.05) is 0 Å². The molecule has 0 saturated carbocycles. The predicted octanol–water partition coefficient (Wildman–Crippen LogP) is -0.0962. The molecule has 8 nitrogen and oxygen atoms in total. The van der Waals surface area contributed by atoms with E-state index in [1.165, 1.54) is 24.3 Å². The fourth-order valence-electron chi connectivity index (χ4n) is 1.22. The Bertz CT molecular complexity index is 512. The van der Waals surface area contributed by atoms with Crippen LogP contribution in [0.3, 0.4) is 0 Å². The Morgan fingerprint density at radius 3 is 1.55 bits per heavy atom. The van der Waals surface area contributed by atoms with Crippen LogP contribution in [-0.4, -0.2) is 45.3 Å². The highest BCUT2D eigenvalue weighted by Gasteiger charge is 2.30. The van der Waals surface area contributed by atoms with Crippen LogP contribution < -0.4 is 0 Å². The Labute approximate surface area is 112 Å². The number of aliphatic hydroxyl groups excluding tert-OH is 1. The summed E-state index contributed by atoms with van der Waals surface area (Å²) in [6.45, 7) is 0. The molecule has 20 heavy (non-hydrogen) atoms. The van der Waals surface area contributed by atoms with E-state index in [1.54, 1.807) is 0 Å². The van der Waals surface area contributed by atoms with Crippen molar-refractivity contribution in [1.29, 1.82) is 0 Å². The van der Waals surface area contributed by atoms with Crippen LogP contribution in [0.5, 0.6) is 0 Å². The molecular weight excluding hydrogens is 272 g/mol. The van der Waals surface area contributed by atoms with Crippen molar-refractivity contribution in [1.82, 2.24) is 0 Å². The summed E-state index contributed by atoms with van der Waals surface area (Å²) in [5, 5.41) is 25.4. The molecule has 0 spiro atoms. The quantitative estimate of drug-likeness (QED) is 0.505. The Hall–Kier alpha value is -2.74. The summed E-state index contributed by atoms with van der Waals surface area (Å²) >= 11 is 0. The molecule has 1 aliphatic rings. The Kier molecular flexibility index (Phi) is 4.93. The number of cyclic esters (lactones) is 2. The van der Waals surface area contributed by atoms with Gasteiger partial charge in [0.25, 0.3) is 0 Å². The van der Waals surface area contributed by atoms with Gasteiger partial charge in [-0.15, -0.1) is 0 Å². The minimum Gasteiger partial charge on any atom is -0.478 e. The van der Waals surface area contributed by atoms with Gasteiger partial charge in [0.05, 0.1) is 17.5 Å². The van der Waals surface area contributed by atoms with Gasteiger partial charge in [-0.05, 0) is 24.3 Å². The molecule has 106 valence electrons. The molecular formula is C12H10O8. The van der Waals surface area contributed by atoms with Crippen LogP contribution in [-0.2, 0) is 14.3 Å². The highest BCUT2D eigenvalue weighted by atomic mass is 16.6. The monoisotopic (exact) mass is 282 g/mol.